The highest BCUT2D eigenvalue weighted by molar-refractivity contribution is 9.10. The highest BCUT2D eigenvalue weighted by Crippen LogP contribution is 2.18. The minimum absolute atomic E-state index is 0.0407. The molecule has 104 valence electrons. The quantitative estimate of drug-likeness (QED) is 0.897. The van der Waals surface area contributed by atoms with Gasteiger partial charge in [-0.1, -0.05) is 34.1 Å². The first-order valence-corrected chi connectivity index (χ1v) is 7.24. The van der Waals surface area contributed by atoms with Crippen LogP contribution >= 0.6 is 15.9 Å². The molecule has 0 aliphatic rings. The number of amides is 1. The fourth-order valence-corrected chi connectivity index (χ4v) is 2.25. The maximum Gasteiger partial charge on any atom is 0.228 e. The van der Waals surface area contributed by atoms with Crippen LogP contribution in [-0.4, -0.2) is 12.5 Å². The van der Waals surface area contributed by atoms with E-state index in [-0.39, 0.29) is 5.91 Å². The highest BCUT2D eigenvalue weighted by atomic mass is 79.9. The van der Waals surface area contributed by atoms with E-state index in [4.69, 9.17) is 4.74 Å². The van der Waals surface area contributed by atoms with Crippen LogP contribution in [0.15, 0.2) is 53.0 Å². The summed E-state index contributed by atoms with van der Waals surface area (Å²) in [4.78, 5) is 12.0. The van der Waals surface area contributed by atoms with Crippen LogP contribution in [0.2, 0.25) is 0 Å². The Morgan fingerprint density at radius 1 is 1.15 bits per heavy atom. The number of carbonyl (C=O) groups is 1. The SMILES string of the molecule is CCOc1ccc(NC(=O)Cc2ccccc2Br)cc1. The molecule has 0 fully saturated rings. The Bertz CT molecular complexity index is 581. The molecule has 0 saturated carbocycles. The molecular weight excluding hydrogens is 318 g/mol. The van der Waals surface area contributed by atoms with Crippen LogP contribution in [0, 0.1) is 0 Å². The molecule has 2 aromatic carbocycles. The molecule has 0 saturated heterocycles. The Morgan fingerprint density at radius 2 is 1.85 bits per heavy atom. The summed E-state index contributed by atoms with van der Waals surface area (Å²) in [5.41, 5.74) is 1.74. The zero-order valence-electron chi connectivity index (χ0n) is 11.2. The summed E-state index contributed by atoms with van der Waals surface area (Å²) < 4.78 is 6.30. The second-order valence-electron chi connectivity index (χ2n) is 4.27. The van der Waals surface area contributed by atoms with Gasteiger partial charge in [-0.05, 0) is 42.8 Å². The average molecular weight is 334 g/mol. The van der Waals surface area contributed by atoms with Gasteiger partial charge in [0.25, 0.3) is 0 Å². The molecule has 2 aromatic rings. The predicted octanol–water partition coefficient (Wildman–Crippen LogP) is 4.03. The number of halogens is 1. The van der Waals surface area contributed by atoms with Crippen molar-refractivity contribution in [1.82, 2.24) is 0 Å². The molecule has 1 amide bonds. The van der Waals surface area contributed by atoms with Crippen LogP contribution in [0.5, 0.6) is 5.75 Å². The Kier molecular flexibility index (Phi) is 5.18. The molecule has 20 heavy (non-hydrogen) atoms. The van der Waals surface area contributed by atoms with Crippen LogP contribution < -0.4 is 10.1 Å². The van der Waals surface area contributed by atoms with Crippen molar-refractivity contribution in [3.63, 3.8) is 0 Å². The molecule has 2 rings (SSSR count). The molecule has 0 atom stereocenters. The topological polar surface area (TPSA) is 38.3 Å². The largest absolute Gasteiger partial charge is 0.494 e. The summed E-state index contributed by atoms with van der Waals surface area (Å²) in [6.45, 7) is 2.57. The number of rotatable bonds is 5. The first-order chi connectivity index (χ1) is 9.69. The summed E-state index contributed by atoms with van der Waals surface area (Å²) in [7, 11) is 0. The third-order valence-electron chi connectivity index (χ3n) is 2.76. The lowest BCUT2D eigenvalue weighted by molar-refractivity contribution is -0.115. The monoisotopic (exact) mass is 333 g/mol. The normalized spacial score (nSPS) is 10.1. The molecule has 1 N–H and O–H groups in total. The molecule has 0 spiro atoms. The summed E-state index contributed by atoms with van der Waals surface area (Å²) in [6.07, 6.45) is 0.342. The average Bonchev–Trinajstić information content (AvgIpc) is 2.44. The molecule has 0 bridgehead atoms. The molecule has 0 unspecified atom stereocenters. The van der Waals surface area contributed by atoms with Crippen molar-refractivity contribution >= 4 is 27.5 Å². The second kappa shape index (κ2) is 7.10. The molecule has 0 aliphatic carbocycles. The van der Waals surface area contributed by atoms with Crippen molar-refractivity contribution in [2.24, 2.45) is 0 Å². The molecule has 0 aromatic heterocycles. The number of hydrogen-bond donors (Lipinski definition) is 1. The molecule has 4 heteroatoms. The van der Waals surface area contributed by atoms with Crippen molar-refractivity contribution in [1.29, 1.82) is 0 Å². The summed E-state index contributed by atoms with van der Waals surface area (Å²) in [6, 6.07) is 15.1. The molecule has 0 radical (unpaired) electrons. The lowest BCUT2D eigenvalue weighted by atomic mass is 10.1. The van der Waals surface area contributed by atoms with E-state index >= 15 is 0 Å². The number of anilines is 1. The van der Waals surface area contributed by atoms with Gasteiger partial charge in [-0.15, -0.1) is 0 Å². The van der Waals surface area contributed by atoms with E-state index < -0.39 is 0 Å². The Labute approximate surface area is 127 Å². The maximum atomic E-state index is 12.0. The molecule has 0 aliphatic heterocycles. The lowest BCUT2D eigenvalue weighted by Gasteiger charge is -2.08. The maximum absolute atomic E-state index is 12.0. The van der Waals surface area contributed by atoms with Crippen LogP contribution in [0.25, 0.3) is 0 Å². The molecular formula is C16H16BrNO2. The van der Waals surface area contributed by atoms with E-state index in [1.807, 2.05) is 55.5 Å². The van der Waals surface area contributed by atoms with Gasteiger partial charge >= 0.3 is 0 Å². The van der Waals surface area contributed by atoms with Crippen LogP contribution in [0.4, 0.5) is 5.69 Å². The van der Waals surface area contributed by atoms with E-state index in [1.165, 1.54) is 0 Å². The van der Waals surface area contributed by atoms with Crippen LogP contribution in [-0.2, 0) is 11.2 Å². The van der Waals surface area contributed by atoms with Crippen molar-refractivity contribution in [3.8, 4) is 5.75 Å². The number of nitrogens with one attached hydrogen (secondary N) is 1. The summed E-state index contributed by atoms with van der Waals surface area (Å²) in [5, 5.41) is 2.87. The van der Waals surface area contributed by atoms with Gasteiger partial charge in [0.05, 0.1) is 13.0 Å². The Balaban J connectivity index is 1.96. The second-order valence-corrected chi connectivity index (χ2v) is 5.13. The van der Waals surface area contributed by atoms with Gasteiger partial charge in [0.15, 0.2) is 0 Å². The van der Waals surface area contributed by atoms with E-state index in [0.717, 1.165) is 21.5 Å². The highest BCUT2D eigenvalue weighted by Gasteiger charge is 2.06. The smallest absolute Gasteiger partial charge is 0.228 e. The summed E-state index contributed by atoms with van der Waals surface area (Å²) in [5.74, 6) is 0.761. The fourth-order valence-electron chi connectivity index (χ4n) is 1.82. The fraction of sp³-hybridized carbons (Fsp3) is 0.188. The van der Waals surface area contributed by atoms with Crippen LogP contribution in [0.1, 0.15) is 12.5 Å². The number of ether oxygens (including phenoxy) is 1. The Hall–Kier alpha value is -1.81. The lowest BCUT2D eigenvalue weighted by Crippen LogP contribution is -2.14. The predicted molar refractivity (Wildman–Crippen MR) is 84.1 cm³/mol. The minimum atomic E-state index is -0.0407. The number of carbonyl (C=O) groups excluding carboxylic acids is 1. The van der Waals surface area contributed by atoms with Crippen LogP contribution in [0.3, 0.4) is 0 Å². The van der Waals surface area contributed by atoms with Gasteiger partial charge in [-0.2, -0.15) is 0 Å². The zero-order valence-corrected chi connectivity index (χ0v) is 12.8. The van der Waals surface area contributed by atoms with Gasteiger partial charge < -0.3 is 10.1 Å². The third-order valence-corrected chi connectivity index (χ3v) is 3.53. The number of benzene rings is 2. The van der Waals surface area contributed by atoms with Crippen molar-refractivity contribution < 1.29 is 9.53 Å². The first-order valence-electron chi connectivity index (χ1n) is 6.45. The minimum Gasteiger partial charge on any atom is -0.494 e. The molecule has 0 heterocycles. The van der Waals surface area contributed by atoms with Crippen molar-refractivity contribution in [3.05, 3.63) is 58.6 Å². The van der Waals surface area contributed by atoms with E-state index in [9.17, 15) is 4.79 Å². The van der Waals surface area contributed by atoms with Gasteiger partial charge in [0, 0.05) is 10.2 Å². The third kappa shape index (κ3) is 4.10. The van der Waals surface area contributed by atoms with Gasteiger partial charge in [-0.25, -0.2) is 0 Å². The summed E-state index contributed by atoms with van der Waals surface area (Å²) >= 11 is 3.44. The number of hydrogen-bond acceptors (Lipinski definition) is 2. The first kappa shape index (κ1) is 14.6. The van der Waals surface area contributed by atoms with Gasteiger partial charge in [0.2, 0.25) is 5.91 Å². The van der Waals surface area contributed by atoms with E-state index in [0.29, 0.717) is 13.0 Å². The van der Waals surface area contributed by atoms with E-state index in [2.05, 4.69) is 21.2 Å². The van der Waals surface area contributed by atoms with Crippen molar-refractivity contribution in [2.75, 3.05) is 11.9 Å². The molecule has 3 nitrogen and oxygen atoms in total. The van der Waals surface area contributed by atoms with Gasteiger partial charge in [-0.3, -0.25) is 4.79 Å². The van der Waals surface area contributed by atoms with Gasteiger partial charge in [0.1, 0.15) is 5.75 Å². The zero-order chi connectivity index (χ0) is 14.4. The standard InChI is InChI=1S/C16H16BrNO2/c1-2-20-14-9-7-13(8-10-14)18-16(19)11-12-5-3-4-6-15(12)17/h3-10H,2,11H2,1H3,(H,18,19). The Morgan fingerprint density at radius 3 is 2.50 bits per heavy atom. The van der Waals surface area contributed by atoms with E-state index in [1.54, 1.807) is 0 Å². The van der Waals surface area contributed by atoms with Crippen molar-refractivity contribution in [2.45, 2.75) is 13.3 Å².